The van der Waals surface area contributed by atoms with E-state index in [2.05, 4.69) is 74.1 Å². The van der Waals surface area contributed by atoms with Gasteiger partial charge in [0.05, 0.1) is 37.8 Å². The summed E-state index contributed by atoms with van der Waals surface area (Å²) in [6.45, 7) is 3.26. The minimum absolute atomic E-state index is 0.119. The maximum absolute atomic E-state index is 14.9. The maximum Gasteiger partial charge on any atom is 0.245 e. The molecule has 2 heterocycles. The van der Waals surface area contributed by atoms with Crippen LogP contribution in [0.25, 0.3) is 10.9 Å². The normalized spacial score (nSPS) is 24.4. The summed E-state index contributed by atoms with van der Waals surface area (Å²) in [4.78, 5) is 214. The van der Waals surface area contributed by atoms with Gasteiger partial charge in [0.15, 0.2) is 0 Å². The van der Waals surface area contributed by atoms with E-state index in [0.717, 1.165) is 35.4 Å². The number of hydrogen-bond donors (Lipinski definition) is 22. The molecule has 0 spiro atoms. The number of primary amides is 2. The van der Waals surface area contributed by atoms with E-state index in [1.807, 2.05) is 0 Å². The van der Waals surface area contributed by atoms with Gasteiger partial charge < -0.3 is 118 Å². The number of para-hydroxylation sites is 1. The van der Waals surface area contributed by atoms with E-state index in [4.69, 9.17) is 28.7 Å². The van der Waals surface area contributed by atoms with Crippen LogP contribution in [0.2, 0.25) is 0 Å². The van der Waals surface area contributed by atoms with Crippen molar-refractivity contribution in [1.29, 1.82) is 0 Å². The van der Waals surface area contributed by atoms with Crippen molar-refractivity contribution in [3.05, 3.63) is 108 Å². The second-order valence-corrected chi connectivity index (χ2v) is 28.7. The lowest BCUT2D eigenvalue weighted by molar-refractivity contribution is -0.138. The van der Waals surface area contributed by atoms with Crippen molar-refractivity contribution in [3.8, 4) is 0 Å². The highest BCUT2D eigenvalue weighted by Crippen LogP contribution is 2.24. The summed E-state index contributed by atoms with van der Waals surface area (Å²) in [5.74, 6) is -16.7. The zero-order valence-electron chi connectivity index (χ0n) is 60.8. The molecule has 37 nitrogen and oxygen atoms in total. The molecule has 1 aromatic heterocycles. The molecule has 4 aromatic rings. The summed E-state index contributed by atoms with van der Waals surface area (Å²) in [5.41, 5.74) is 30.7. The third-order valence-electron chi connectivity index (χ3n) is 17.2. The average molecular weight is 1560 g/mol. The lowest BCUT2D eigenvalue weighted by Crippen LogP contribution is -2.63. The van der Waals surface area contributed by atoms with Crippen molar-refractivity contribution < 1.29 is 87.2 Å². The third-order valence-corrected chi connectivity index (χ3v) is 19.6. The molecule has 27 N–H and O–H groups in total. The van der Waals surface area contributed by atoms with E-state index in [9.17, 15) is 87.2 Å². The Bertz CT molecular complexity index is 3780. The number of aliphatic hydroxyl groups excluding tert-OH is 3. The van der Waals surface area contributed by atoms with E-state index in [0.29, 0.717) is 40.4 Å². The molecule has 5 rings (SSSR count). The van der Waals surface area contributed by atoms with E-state index >= 15 is 0 Å². The van der Waals surface area contributed by atoms with Crippen molar-refractivity contribution in [3.63, 3.8) is 0 Å². The van der Waals surface area contributed by atoms with Gasteiger partial charge in [-0.05, 0) is 102 Å². The van der Waals surface area contributed by atoms with Gasteiger partial charge in [-0.15, -0.1) is 0 Å². The van der Waals surface area contributed by atoms with Crippen LogP contribution in [-0.2, 0) is 91.2 Å². The molecular weight excluding hydrogens is 1460 g/mol. The Morgan fingerprint density at radius 3 is 1.46 bits per heavy atom. The van der Waals surface area contributed by atoms with Gasteiger partial charge in [-0.2, -0.15) is 0 Å². The molecule has 15 atom stereocenters. The van der Waals surface area contributed by atoms with Crippen molar-refractivity contribution >= 4 is 121 Å². The first kappa shape index (κ1) is 89.3. The summed E-state index contributed by atoms with van der Waals surface area (Å²) >= 11 is 0. The molecule has 15 amide bonds. The second-order valence-electron chi connectivity index (χ2n) is 26.1. The van der Waals surface area contributed by atoms with E-state index in [1.54, 1.807) is 91.1 Å². The second kappa shape index (κ2) is 45.5. The molecule has 1 aliphatic heterocycles. The molecule has 0 aliphatic carbocycles. The van der Waals surface area contributed by atoms with Gasteiger partial charge in [-0.3, -0.25) is 71.9 Å². The summed E-state index contributed by atoms with van der Waals surface area (Å²) in [7, 11) is 1.63. The van der Waals surface area contributed by atoms with Crippen molar-refractivity contribution in [2.75, 3.05) is 37.7 Å². The smallest absolute Gasteiger partial charge is 0.245 e. The van der Waals surface area contributed by atoms with Gasteiger partial charge in [0, 0.05) is 47.9 Å². The largest absolute Gasteiger partial charge is 0.394 e. The van der Waals surface area contributed by atoms with E-state index in [1.165, 1.54) is 13.8 Å². The molecule has 596 valence electrons. The summed E-state index contributed by atoms with van der Waals surface area (Å²) < 4.78 is 0. The monoisotopic (exact) mass is 1560 g/mol. The van der Waals surface area contributed by atoms with Gasteiger partial charge in [0.2, 0.25) is 88.6 Å². The number of aromatic nitrogens is 1. The Hall–Kier alpha value is -10.3. The molecule has 1 saturated heterocycles. The Morgan fingerprint density at radius 1 is 0.505 bits per heavy atom. The zero-order chi connectivity index (χ0) is 80.4. The van der Waals surface area contributed by atoms with E-state index in [-0.39, 0.29) is 58.0 Å². The number of amides is 15. The van der Waals surface area contributed by atoms with Crippen LogP contribution in [0.4, 0.5) is 0 Å². The fourth-order valence-electron chi connectivity index (χ4n) is 11.0. The van der Waals surface area contributed by atoms with Gasteiger partial charge in [-0.1, -0.05) is 100 Å². The summed E-state index contributed by atoms with van der Waals surface area (Å²) in [6, 6.07) is 1.91. The predicted octanol–water partition coefficient (Wildman–Crippen LogP) is -6.74. The van der Waals surface area contributed by atoms with Crippen LogP contribution in [-0.4, -0.2) is 237 Å². The first-order valence-corrected chi connectivity index (χ1v) is 37.8. The highest BCUT2D eigenvalue weighted by atomic mass is 33.1. The number of fused-ring (bicyclic) bond motifs is 1. The Labute approximate surface area is 636 Å². The number of H-pyrrole nitrogens is 1. The molecular formula is C70H101N19O18S2. The van der Waals surface area contributed by atoms with Crippen LogP contribution in [0.15, 0.2) is 91.1 Å². The molecule has 109 heavy (non-hydrogen) atoms. The quantitative estimate of drug-likeness (QED) is 0.0229. The number of aliphatic hydroxyl groups is 3. The average Bonchev–Trinajstić information content (AvgIpc) is 1.75. The maximum atomic E-state index is 14.9. The molecule has 1 fully saturated rings. The highest BCUT2D eigenvalue weighted by Gasteiger charge is 2.39. The SMILES string of the molecule is CC(O)[C@H]1NC(=O)[C@@H](CCCCN)NC(=O)[C@H](Cc2c[nH]c3ccccc23)NC(=O)[C@@H](C)NC(=O)[C@H](Cc2ccccc2)NC(=O)[C@@H](CC(N)=O)NC(=O)[C@H](CCCCN)NC(=O)[C@@H](NC(=O)CNC(=O)[C@H](C)N)CSSC[C@@H](C(N)=O)NC(=O)[C@H](CO)NC(=O)[C@@H]([C@H](C)O)NC(=O)[C@H](Cc2ccccc2)NC1=O. The Morgan fingerprint density at radius 2 is 0.936 bits per heavy atom. The fraction of sp³-hybridized carbons (Fsp3) is 0.500. The molecule has 3 aromatic carbocycles. The van der Waals surface area contributed by atoms with Gasteiger partial charge in [0.25, 0.3) is 0 Å². The third kappa shape index (κ3) is 29.7. The van der Waals surface area contributed by atoms with E-state index < -0.39 is 210 Å². The first-order valence-electron chi connectivity index (χ1n) is 35.3. The number of hydrogen-bond acceptors (Lipinski definition) is 23. The Balaban J connectivity index is 1.61. The molecule has 1 aliphatic rings. The molecule has 1 unspecified atom stereocenters. The van der Waals surface area contributed by atoms with Crippen LogP contribution in [0.5, 0.6) is 0 Å². The molecule has 39 heteroatoms. The lowest BCUT2D eigenvalue weighted by atomic mass is 10.0. The van der Waals surface area contributed by atoms with Crippen LogP contribution in [0.1, 0.15) is 89.3 Å². The van der Waals surface area contributed by atoms with Gasteiger partial charge >= 0.3 is 0 Å². The van der Waals surface area contributed by atoms with Gasteiger partial charge in [-0.25, -0.2) is 0 Å². The standard InChI is InChI=1S/C70H101N19O18S2/c1-36(73)59(96)77-32-55(94)79-53-35-109-108-34-52(58(75)95)87-67(104)51(33-90)86-70(107)57(39(4)92)89-66(103)48(28-41-19-9-6-10-20-41)85-69(106)56(38(3)91)88-62(99)46(24-14-16-26-72)80-64(101)49(29-42-31-76-44-22-12-11-21-43(42)44)82-60(97)37(2)78-63(100)47(27-40-17-7-5-8-18-40)83-65(102)50(30-54(74)93)84-61(98)45(81-68(53)105)23-13-15-25-71/h5-12,17-22,31,36-39,45-53,56-57,76,90-92H,13-16,23-30,32-35,71-73H2,1-4H3,(H2,74,93)(H2,75,95)(H,77,96)(H,78,100)(H,79,94)(H,80,101)(H,81,105)(H,82,97)(H,83,102)(H,84,98)(H,85,106)(H,86,107)(H,87,104)(H,88,99)(H,89,103)/t36-,37+,38?,39-,45-,46+,47-,48-,49-,50+,51-,52-,53-,56+,57+/m0/s1. The first-order chi connectivity index (χ1) is 51.8. The van der Waals surface area contributed by atoms with Crippen LogP contribution in [0, 0.1) is 0 Å². The van der Waals surface area contributed by atoms with Crippen LogP contribution < -0.4 is 97.8 Å². The molecule has 0 saturated carbocycles. The predicted molar refractivity (Wildman–Crippen MR) is 402 cm³/mol. The Kier molecular flexibility index (Phi) is 37.3. The minimum Gasteiger partial charge on any atom is -0.394 e. The van der Waals surface area contributed by atoms with Crippen molar-refractivity contribution in [2.45, 2.75) is 183 Å². The number of benzene rings is 3. The summed E-state index contributed by atoms with van der Waals surface area (Å²) in [5, 5.41) is 65.3. The topological polar surface area (TPSA) is 619 Å². The van der Waals surface area contributed by atoms with Crippen molar-refractivity contribution in [2.24, 2.45) is 28.7 Å². The molecule has 0 bridgehead atoms. The number of unbranched alkanes of at least 4 members (excludes halogenated alkanes) is 2. The molecule has 0 radical (unpaired) electrons. The number of aromatic amines is 1. The number of carbonyl (C=O) groups is 15. The lowest BCUT2D eigenvalue weighted by Gasteiger charge is -2.29. The number of carbonyl (C=O) groups excluding carboxylic acids is 15. The summed E-state index contributed by atoms with van der Waals surface area (Å²) in [6.07, 6.45) is -2.97. The van der Waals surface area contributed by atoms with Crippen LogP contribution in [0.3, 0.4) is 0 Å². The van der Waals surface area contributed by atoms with Crippen LogP contribution >= 0.6 is 21.6 Å². The number of rotatable bonds is 24. The fourth-order valence-corrected chi connectivity index (χ4v) is 13.4. The number of nitrogens with two attached hydrogens (primary N) is 5. The van der Waals surface area contributed by atoms with Gasteiger partial charge in [0.1, 0.15) is 72.5 Å². The van der Waals surface area contributed by atoms with Crippen molar-refractivity contribution in [1.82, 2.24) is 74.1 Å². The minimum atomic E-state index is -1.95. The highest BCUT2D eigenvalue weighted by molar-refractivity contribution is 8.76. The number of nitrogens with one attached hydrogen (secondary N) is 14. The zero-order valence-corrected chi connectivity index (χ0v) is 62.4.